The van der Waals surface area contributed by atoms with Gasteiger partial charge in [-0.3, -0.25) is 9.59 Å². The first-order chi connectivity index (χ1) is 9.19. The predicted octanol–water partition coefficient (Wildman–Crippen LogP) is 1.69. The second kappa shape index (κ2) is 6.22. The predicted molar refractivity (Wildman–Crippen MR) is 72.0 cm³/mol. The van der Waals surface area contributed by atoms with E-state index in [-0.39, 0.29) is 11.8 Å². The van der Waals surface area contributed by atoms with Crippen molar-refractivity contribution in [1.29, 1.82) is 0 Å². The van der Waals surface area contributed by atoms with Gasteiger partial charge >= 0.3 is 0 Å². The monoisotopic (exact) mass is 262 g/mol. The summed E-state index contributed by atoms with van der Waals surface area (Å²) in [5.74, 6) is 0.522. The van der Waals surface area contributed by atoms with Gasteiger partial charge < -0.3 is 15.4 Å². The zero-order valence-electron chi connectivity index (χ0n) is 10.9. The van der Waals surface area contributed by atoms with Gasteiger partial charge in [0.2, 0.25) is 11.8 Å². The minimum Gasteiger partial charge on any atom is -0.497 e. The van der Waals surface area contributed by atoms with Gasteiger partial charge in [0.25, 0.3) is 0 Å². The van der Waals surface area contributed by atoms with E-state index in [1.165, 1.54) is 0 Å². The van der Waals surface area contributed by atoms with E-state index in [0.717, 1.165) is 18.6 Å². The van der Waals surface area contributed by atoms with Gasteiger partial charge in [0.1, 0.15) is 11.8 Å². The summed E-state index contributed by atoms with van der Waals surface area (Å²) in [4.78, 5) is 23.5. The molecule has 1 unspecified atom stereocenters. The van der Waals surface area contributed by atoms with Gasteiger partial charge in [0.05, 0.1) is 7.11 Å². The van der Waals surface area contributed by atoms with Gasteiger partial charge in [-0.15, -0.1) is 0 Å². The molecule has 19 heavy (non-hydrogen) atoms. The number of anilines is 1. The Kier molecular flexibility index (Phi) is 4.39. The van der Waals surface area contributed by atoms with Crippen LogP contribution in [0.25, 0.3) is 0 Å². The highest BCUT2D eigenvalue weighted by atomic mass is 16.5. The second-order valence-electron chi connectivity index (χ2n) is 4.58. The van der Waals surface area contributed by atoms with Crippen molar-refractivity contribution in [1.82, 2.24) is 5.32 Å². The molecule has 0 spiro atoms. The van der Waals surface area contributed by atoms with Crippen LogP contribution < -0.4 is 15.4 Å². The van der Waals surface area contributed by atoms with Crippen molar-refractivity contribution >= 4 is 17.5 Å². The fraction of sp³-hybridized carbons (Fsp3) is 0.429. The molecule has 0 aliphatic carbocycles. The first-order valence-corrected chi connectivity index (χ1v) is 6.43. The largest absolute Gasteiger partial charge is 0.497 e. The van der Waals surface area contributed by atoms with Gasteiger partial charge in [-0.05, 0) is 37.1 Å². The Bertz CT molecular complexity index is 456. The Balaban J connectivity index is 1.97. The Morgan fingerprint density at radius 1 is 1.32 bits per heavy atom. The SMILES string of the molecule is COc1ccc(NC(=O)C2CCCCC(=O)N2)cc1. The maximum absolute atomic E-state index is 12.1. The van der Waals surface area contributed by atoms with Gasteiger partial charge in [-0.2, -0.15) is 0 Å². The first kappa shape index (κ1) is 13.4. The summed E-state index contributed by atoms with van der Waals surface area (Å²) in [6.45, 7) is 0. The smallest absolute Gasteiger partial charge is 0.246 e. The molecule has 0 bridgehead atoms. The molecule has 1 aromatic carbocycles. The number of nitrogens with one attached hydrogen (secondary N) is 2. The van der Waals surface area contributed by atoms with E-state index < -0.39 is 6.04 Å². The number of methoxy groups -OCH3 is 1. The molecule has 1 aromatic rings. The second-order valence-corrected chi connectivity index (χ2v) is 4.58. The van der Waals surface area contributed by atoms with Crippen molar-refractivity contribution < 1.29 is 14.3 Å². The summed E-state index contributed by atoms with van der Waals surface area (Å²) in [7, 11) is 1.59. The van der Waals surface area contributed by atoms with Crippen LogP contribution in [0.15, 0.2) is 24.3 Å². The zero-order valence-corrected chi connectivity index (χ0v) is 10.9. The number of ether oxygens (including phenoxy) is 1. The summed E-state index contributed by atoms with van der Waals surface area (Å²) < 4.78 is 5.05. The average Bonchev–Trinajstić information content (AvgIpc) is 2.64. The summed E-state index contributed by atoms with van der Waals surface area (Å²) in [5.41, 5.74) is 0.698. The third-order valence-electron chi connectivity index (χ3n) is 3.16. The van der Waals surface area contributed by atoms with Crippen LogP contribution >= 0.6 is 0 Å². The van der Waals surface area contributed by atoms with Gasteiger partial charge in [0, 0.05) is 12.1 Å². The summed E-state index contributed by atoms with van der Waals surface area (Å²) in [6.07, 6.45) is 2.93. The fourth-order valence-electron chi connectivity index (χ4n) is 2.07. The topological polar surface area (TPSA) is 67.4 Å². The molecule has 0 aromatic heterocycles. The van der Waals surface area contributed by atoms with Crippen molar-refractivity contribution in [3.8, 4) is 5.75 Å². The minimum absolute atomic E-state index is 0.0487. The molecule has 2 rings (SSSR count). The van der Waals surface area contributed by atoms with Crippen LogP contribution in [0, 0.1) is 0 Å². The lowest BCUT2D eigenvalue weighted by Crippen LogP contribution is -2.42. The van der Waals surface area contributed by atoms with Crippen molar-refractivity contribution in [3.63, 3.8) is 0 Å². The molecule has 1 heterocycles. The van der Waals surface area contributed by atoms with Gasteiger partial charge in [-0.25, -0.2) is 0 Å². The van der Waals surface area contributed by atoms with Crippen LogP contribution in [0.2, 0.25) is 0 Å². The molecule has 1 atom stereocenters. The van der Waals surface area contributed by atoms with Crippen LogP contribution in [-0.4, -0.2) is 25.0 Å². The molecule has 5 heteroatoms. The van der Waals surface area contributed by atoms with Crippen LogP contribution in [0.1, 0.15) is 25.7 Å². The highest BCUT2D eigenvalue weighted by molar-refractivity contribution is 5.97. The average molecular weight is 262 g/mol. The molecule has 2 N–H and O–H groups in total. The number of rotatable bonds is 3. The Hall–Kier alpha value is -2.04. The van der Waals surface area contributed by atoms with Crippen LogP contribution in [0.5, 0.6) is 5.75 Å². The fourth-order valence-corrected chi connectivity index (χ4v) is 2.07. The van der Waals surface area contributed by atoms with Crippen molar-refractivity contribution in [2.24, 2.45) is 0 Å². The third kappa shape index (κ3) is 3.71. The maximum Gasteiger partial charge on any atom is 0.246 e. The molecule has 102 valence electrons. The third-order valence-corrected chi connectivity index (χ3v) is 3.16. The first-order valence-electron chi connectivity index (χ1n) is 6.43. The number of carbonyl (C=O) groups is 2. The number of benzene rings is 1. The van der Waals surface area contributed by atoms with E-state index in [1.54, 1.807) is 31.4 Å². The van der Waals surface area contributed by atoms with E-state index in [2.05, 4.69) is 10.6 Å². The lowest BCUT2D eigenvalue weighted by molar-refractivity contribution is -0.125. The van der Waals surface area contributed by atoms with E-state index in [1.807, 2.05) is 0 Å². The molecule has 5 nitrogen and oxygen atoms in total. The van der Waals surface area contributed by atoms with Crippen LogP contribution in [0.4, 0.5) is 5.69 Å². The zero-order chi connectivity index (χ0) is 13.7. The number of hydrogen-bond acceptors (Lipinski definition) is 3. The Morgan fingerprint density at radius 3 is 2.74 bits per heavy atom. The quantitative estimate of drug-likeness (QED) is 0.871. The molecule has 0 radical (unpaired) electrons. The Labute approximate surface area is 112 Å². The summed E-state index contributed by atoms with van der Waals surface area (Å²) in [6, 6.07) is 6.67. The van der Waals surface area contributed by atoms with Crippen LogP contribution in [-0.2, 0) is 9.59 Å². The molecule has 1 fully saturated rings. The maximum atomic E-state index is 12.1. The summed E-state index contributed by atoms with van der Waals surface area (Å²) in [5, 5.41) is 5.55. The lowest BCUT2D eigenvalue weighted by atomic mass is 10.1. The van der Waals surface area contributed by atoms with E-state index in [0.29, 0.717) is 18.5 Å². The number of hydrogen-bond donors (Lipinski definition) is 2. The van der Waals surface area contributed by atoms with Crippen molar-refractivity contribution in [3.05, 3.63) is 24.3 Å². The van der Waals surface area contributed by atoms with Gasteiger partial charge in [0.15, 0.2) is 0 Å². The van der Waals surface area contributed by atoms with Crippen molar-refractivity contribution in [2.75, 3.05) is 12.4 Å². The molecule has 1 aliphatic rings. The van der Waals surface area contributed by atoms with Gasteiger partial charge in [-0.1, -0.05) is 6.42 Å². The molecule has 0 saturated carbocycles. The van der Waals surface area contributed by atoms with Crippen molar-refractivity contribution in [2.45, 2.75) is 31.7 Å². The minimum atomic E-state index is -0.433. The molecule has 1 saturated heterocycles. The standard InChI is InChI=1S/C14H18N2O3/c1-19-11-8-6-10(7-9-11)15-14(18)12-4-2-3-5-13(17)16-12/h6-9,12H,2-5H2,1H3,(H,15,18)(H,16,17). The van der Waals surface area contributed by atoms with E-state index >= 15 is 0 Å². The molecular weight excluding hydrogens is 244 g/mol. The summed E-state index contributed by atoms with van der Waals surface area (Å²) >= 11 is 0. The number of amides is 2. The number of carbonyl (C=O) groups excluding carboxylic acids is 2. The Morgan fingerprint density at radius 2 is 2.05 bits per heavy atom. The van der Waals surface area contributed by atoms with E-state index in [4.69, 9.17) is 4.74 Å². The molecule has 1 aliphatic heterocycles. The molecular formula is C14H18N2O3. The molecule has 2 amide bonds. The normalized spacial score (nSPS) is 19.2. The lowest BCUT2D eigenvalue weighted by Gasteiger charge is -2.15. The van der Waals surface area contributed by atoms with E-state index in [9.17, 15) is 9.59 Å². The highest BCUT2D eigenvalue weighted by Crippen LogP contribution is 2.16. The highest BCUT2D eigenvalue weighted by Gasteiger charge is 2.22. The van der Waals surface area contributed by atoms with Crippen LogP contribution in [0.3, 0.4) is 0 Å².